The summed E-state index contributed by atoms with van der Waals surface area (Å²) in [6.45, 7) is 4.67. The molecular weight excluding hydrogens is 280 g/mol. The Labute approximate surface area is 120 Å². The van der Waals surface area contributed by atoms with Crippen LogP contribution in [0.25, 0.3) is 0 Å². The minimum atomic E-state index is -0.698. The average molecular weight is 294 g/mol. The van der Waals surface area contributed by atoms with E-state index in [1.165, 1.54) is 32.9 Å². The van der Waals surface area contributed by atoms with Gasteiger partial charge in [0.25, 0.3) is 0 Å². The summed E-state index contributed by atoms with van der Waals surface area (Å²) in [4.78, 5) is 49.7. The molecule has 1 heterocycles. The number of ether oxygens (including phenoxy) is 2. The molecule has 1 rings (SSSR count). The van der Waals surface area contributed by atoms with E-state index >= 15 is 0 Å². The number of carbonyl (C=O) groups excluding carboxylic acids is 4. The Morgan fingerprint density at radius 3 is 1.86 bits per heavy atom. The summed E-state index contributed by atoms with van der Waals surface area (Å²) in [5.41, 5.74) is -0.0129. The lowest BCUT2D eigenvalue weighted by Gasteiger charge is -2.19. The molecule has 1 aromatic rings. The second-order valence-electron chi connectivity index (χ2n) is 4.03. The smallest absolute Gasteiger partial charge is 0.309 e. The van der Waals surface area contributed by atoms with Crippen molar-refractivity contribution >= 4 is 29.4 Å². The van der Waals surface area contributed by atoms with Crippen LogP contribution >= 0.6 is 0 Å². The minimum Gasteiger partial charge on any atom is -0.408 e. The van der Waals surface area contributed by atoms with Crippen LogP contribution in [0, 0.1) is 0 Å². The highest BCUT2D eigenvalue weighted by atomic mass is 16.6. The fourth-order valence-corrected chi connectivity index (χ4v) is 1.56. The Balaban J connectivity index is 3.35. The van der Waals surface area contributed by atoms with Crippen molar-refractivity contribution in [2.45, 2.75) is 27.7 Å². The van der Waals surface area contributed by atoms with Crippen LogP contribution < -0.4 is 14.4 Å². The molecule has 21 heavy (non-hydrogen) atoms. The fraction of sp³-hybridized carbons (Fsp3) is 0.308. The molecule has 0 saturated carbocycles. The van der Waals surface area contributed by atoms with Gasteiger partial charge in [-0.2, -0.15) is 4.98 Å². The number of esters is 2. The highest BCUT2D eigenvalue weighted by Crippen LogP contribution is 2.29. The standard InChI is InChI=1S/C13H14N2O6/c1-7(16)15(8(2)17)11-5-6-12(20-9(3)18)14-13(11)21-10(4)19/h5-6H,1-4H3. The molecule has 0 aromatic carbocycles. The first-order chi connectivity index (χ1) is 9.72. The lowest BCUT2D eigenvalue weighted by molar-refractivity contribution is -0.132. The average Bonchev–Trinajstić information content (AvgIpc) is 2.29. The van der Waals surface area contributed by atoms with Crippen molar-refractivity contribution in [2.24, 2.45) is 0 Å². The first-order valence-corrected chi connectivity index (χ1v) is 5.91. The van der Waals surface area contributed by atoms with E-state index in [9.17, 15) is 19.2 Å². The molecule has 2 amide bonds. The van der Waals surface area contributed by atoms with Crippen LogP contribution in [0.1, 0.15) is 27.7 Å². The third-order valence-corrected chi connectivity index (χ3v) is 2.17. The molecule has 0 fully saturated rings. The largest absolute Gasteiger partial charge is 0.408 e. The Bertz CT molecular complexity index is 597. The summed E-state index contributed by atoms with van der Waals surface area (Å²) >= 11 is 0. The maximum absolute atomic E-state index is 11.5. The van der Waals surface area contributed by atoms with Gasteiger partial charge in [0.05, 0.1) is 0 Å². The molecule has 0 aliphatic carbocycles. The molecular formula is C13H14N2O6. The van der Waals surface area contributed by atoms with Crippen LogP contribution in [0.3, 0.4) is 0 Å². The number of nitrogens with zero attached hydrogens (tertiary/aromatic N) is 2. The number of hydrogen-bond donors (Lipinski definition) is 0. The van der Waals surface area contributed by atoms with E-state index in [2.05, 4.69) is 4.98 Å². The SMILES string of the molecule is CC(=O)Oc1ccc(N(C(C)=O)C(C)=O)c(OC(C)=O)n1. The fourth-order valence-electron chi connectivity index (χ4n) is 1.56. The minimum absolute atomic E-state index is 0.0129. The molecule has 112 valence electrons. The summed E-state index contributed by atoms with van der Waals surface area (Å²) in [6, 6.07) is 2.58. The number of carbonyl (C=O) groups is 4. The van der Waals surface area contributed by atoms with Gasteiger partial charge in [0, 0.05) is 33.8 Å². The van der Waals surface area contributed by atoms with Gasteiger partial charge in [-0.15, -0.1) is 0 Å². The van der Waals surface area contributed by atoms with E-state index in [-0.39, 0.29) is 17.4 Å². The zero-order chi connectivity index (χ0) is 16.2. The summed E-state index contributed by atoms with van der Waals surface area (Å²) < 4.78 is 9.62. The summed E-state index contributed by atoms with van der Waals surface area (Å²) in [5, 5.41) is 0. The van der Waals surface area contributed by atoms with Gasteiger partial charge in [-0.1, -0.05) is 0 Å². The van der Waals surface area contributed by atoms with E-state index in [1.807, 2.05) is 0 Å². The molecule has 0 radical (unpaired) electrons. The van der Waals surface area contributed by atoms with Gasteiger partial charge in [-0.25, -0.2) is 4.90 Å². The summed E-state index contributed by atoms with van der Waals surface area (Å²) in [5.74, 6) is -2.87. The first-order valence-electron chi connectivity index (χ1n) is 5.91. The number of hydrogen-bond acceptors (Lipinski definition) is 7. The Morgan fingerprint density at radius 1 is 0.905 bits per heavy atom. The molecule has 0 N–H and O–H groups in total. The monoisotopic (exact) mass is 294 g/mol. The highest BCUT2D eigenvalue weighted by Gasteiger charge is 2.23. The second kappa shape index (κ2) is 6.60. The predicted molar refractivity (Wildman–Crippen MR) is 70.7 cm³/mol. The van der Waals surface area contributed by atoms with Gasteiger partial charge in [-0.05, 0) is 6.07 Å². The van der Waals surface area contributed by atoms with Gasteiger partial charge in [0.2, 0.25) is 23.6 Å². The Morgan fingerprint density at radius 2 is 1.43 bits per heavy atom. The highest BCUT2D eigenvalue weighted by molar-refractivity contribution is 6.14. The second-order valence-corrected chi connectivity index (χ2v) is 4.03. The normalized spacial score (nSPS) is 9.71. The molecule has 0 unspecified atom stereocenters. The van der Waals surface area contributed by atoms with E-state index in [4.69, 9.17) is 9.47 Å². The van der Waals surface area contributed by atoms with Crippen molar-refractivity contribution in [1.29, 1.82) is 0 Å². The van der Waals surface area contributed by atoms with Crippen LogP contribution in [0.5, 0.6) is 11.8 Å². The van der Waals surface area contributed by atoms with Crippen molar-refractivity contribution in [3.63, 3.8) is 0 Å². The van der Waals surface area contributed by atoms with Crippen LogP contribution in [0.15, 0.2) is 12.1 Å². The van der Waals surface area contributed by atoms with E-state index in [0.29, 0.717) is 0 Å². The molecule has 0 spiro atoms. The topological polar surface area (TPSA) is 103 Å². The third-order valence-electron chi connectivity index (χ3n) is 2.17. The van der Waals surface area contributed by atoms with E-state index < -0.39 is 23.8 Å². The van der Waals surface area contributed by atoms with Gasteiger partial charge >= 0.3 is 11.9 Å². The van der Waals surface area contributed by atoms with E-state index in [1.54, 1.807) is 0 Å². The zero-order valence-electron chi connectivity index (χ0n) is 12.0. The van der Waals surface area contributed by atoms with Crippen LogP contribution in [0.2, 0.25) is 0 Å². The van der Waals surface area contributed by atoms with Gasteiger partial charge in [0.1, 0.15) is 5.69 Å². The molecule has 0 aliphatic heterocycles. The zero-order valence-corrected chi connectivity index (χ0v) is 12.0. The molecule has 0 saturated heterocycles. The van der Waals surface area contributed by atoms with Crippen LogP contribution in [-0.4, -0.2) is 28.7 Å². The lowest BCUT2D eigenvalue weighted by atomic mass is 10.3. The van der Waals surface area contributed by atoms with Crippen molar-refractivity contribution in [3.05, 3.63) is 12.1 Å². The predicted octanol–water partition coefficient (Wildman–Crippen LogP) is 0.832. The van der Waals surface area contributed by atoms with Gasteiger partial charge in [-0.3, -0.25) is 19.2 Å². The molecule has 0 atom stereocenters. The molecule has 8 nitrogen and oxygen atoms in total. The first kappa shape index (κ1) is 16.3. The van der Waals surface area contributed by atoms with Gasteiger partial charge < -0.3 is 9.47 Å². The summed E-state index contributed by atoms with van der Waals surface area (Å²) in [6.07, 6.45) is 0. The third kappa shape index (κ3) is 4.37. The molecule has 0 aliphatic rings. The number of amides is 2. The maximum atomic E-state index is 11.5. The summed E-state index contributed by atoms with van der Waals surface area (Å²) in [7, 11) is 0. The quantitative estimate of drug-likeness (QED) is 0.760. The number of anilines is 1. The van der Waals surface area contributed by atoms with Crippen molar-refractivity contribution in [2.75, 3.05) is 4.90 Å². The molecule has 0 bridgehead atoms. The van der Waals surface area contributed by atoms with Crippen LogP contribution in [-0.2, 0) is 19.2 Å². The number of pyridine rings is 1. The van der Waals surface area contributed by atoms with Crippen molar-refractivity contribution in [3.8, 4) is 11.8 Å². The number of imide groups is 1. The molecule has 8 heteroatoms. The van der Waals surface area contributed by atoms with Crippen molar-refractivity contribution in [1.82, 2.24) is 4.98 Å². The number of rotatable bonds is 3. The molecule has 1 aromatic heterocycles. The van der Waals surface area contributed by atoms with Crippen LogP contribution in [0.4, 0.5) is 5.69 Å². The Kier molecular flexibility index (Phi) is 5.12. The Hall–Kier alpha value is -2.77. The maximum Gasteiger partial charge on any atom is 0.309 e. The lowest BCUT2D eigenvalue weighted by Crippen LogP contribution is -2.33. The van der Waals surface area contributed by atoms with Gasteiger partial charge in [0.15, 0.2) is 0 Å². The number of aromatic nitrogens is 1. The van der Waals surface area contributed by atoms with E-state index in [0.717, 1.165) is 11.8 Å². The van der Waals surface area contributed by atoms with Crippen molar-refractivity contribution < 1.29 is 28.7 Å².